The molecule has 0 unspecified atom stereocenters. The molecule has 5 nitrogen and oxygen atoms in total. The van der Waals surface area contributed by atoms with E-state index in [9.17, 15) is 9.59 Å². The van der Waals surface area contributed by atoms with Crippen LogP contribution < -0.4 is 5.32 Å². The Hall–Kier alpha value is -2.51. The van der Waals surface area contributed by atoms with Crippen molar-refractivity contribution in [2.75, 3.05) is 11.9 Å². The fourth-order valence-corrected chi connectivity index (χ4v) is 3.88. The van der Waals surface area contributed by atoms with Crippen LogP contribution >= 0.6 is 24.0 Å². The van der Waals surface area contributed by atoms with Crippen LogP contribution in [-0.4, -0.2) is 32.6 Å². The fraction of sp³-hybridized carbons (Fsp3) is 0.200. The SMILES string of the molecule is CCc1ccc(C=C2SC(=S)N(CCC(=O)Nc3cccnc3)C2=O)cc1. The summed E-state index contributed by atoms with van der Waals surface area (Å²) in [5.41, 5.74) is 2.84. The lowest BCUT2D eigenvalue weighted by Crippen LogP contribution is -2.31. The minimum absolute atomic E-state index is 0.154. The number of amides is 2. The van der Waals surface area contributed by atoms with Crippen LogP contribution in [0.2, 0.25) is 0 Å². The van der Waals surface area contributed by atoms with E-state index in [1.54, 1.807) is 24.5 Å². The predicted octanol–water partition coefficient (Wildman–Crippen LogP) is 3.87. The molecule has 2 aromatic rings. The van der Waals surface area contributed by atoms with Gasteiger partial charge in [-0.1, -0.05) is 55.2 Å². The first-order chi connectivity index (χ1) is 13.1. The van der Waals surface area contributed by atoms with Gasteiger partial charge in [0.1, 0.15) is 4.32 Å². The number of hydrogen-bond acceptors (Lipinski definition) is 5. The molecule has 1 N–H and O–H groups in total. The zero-order chi connectivity index (χ0) is 19.2. The van der Waals surface area contributed by atoms with Crippen LogP contribution in [0.15, 0.2) is 53.7 Å². The van der Waals surface area contributed by atoms with E-state index in [4.69, 9.17) is 12.2 Å². The highest BCUT2D eigenvalue weighted by molar-refractivity contribution is 8.26. The largest absolute Gasteiger partial charge is 0.325 e. The van der Waals surface area contributed by atoms with Crippen molar-refractivity contribution in [3.05, 3.63) is 64.8 Å². The van der Waals surface area contributed by atoms with Gasteiger partial charge >= 0.3 is 0 Å². The highest BCUT2D eigenvalue weighted by Crippen LogP contribution is 2.32. The number of pyridine rings is 1. The lowest BCUT2D eigenvalue weighted by atomic mass is 10.1. The Balaban J connectivity index is 1.60. The van der Waals surface area contributed by atoms with Crippen molar-refractivity contribution < 1.29 is 9.59 Å². The van der Waals surface area contributed by atoms with E-state index in [0.717, 1.165) is 12.0 Å². The molecule has 0 spiro atoms. The van der Waals surface area contributed by atoms with Gasteiger partial charge < -0.3 is 5.32 Å². The lowest BCUT2D eigenvalue weighted by Gasteiger charge is -2.14. The van der Waals surface area contributed by atoms with Crippen LogP contribution in [-0.2, 0) is 16.0 Å². The molecule has 1 aliphatic rings. The normalized spacial score (nSPS) is 15.4. The van der Waals surface area contributed by atoms with Gasteiger partial charge in [-0.05, 0) is 35.8 Å². The van der Waals surface area contributed by atoms with Crippen molar-refractivity contribution in [1.82, 2.24) is 9.88 Å². The van der Waals surface area contributed by atoms with E-state index in [-0.39, 0.29) is 24.8 Å². The number of thioether (sulfide) groups is 1. The van der Waals surface area contributed by atoms with E-state index in [2.05, 4.69) is 29.4 Å². The van der Waals surface area contributed by atoms with Gasteiger partial charge in [-0.3, -0.25) is 19.5 Å². The second-order valence-corrected chi connectivity index (χ2v) is 7.64. The van der Waals surface area contributed by atoms with Gasteiger partial charge in [-0.25, -0.2) is 0 Å². The number of anilines is 1. The third-order valence-corrected chi connectivity index (χ3v) is 5.44. The first-order valence-corrected chi connectivity index (χ1v) is 9.83. The molecule has 0 atom stereocenters. The number of thiocarbonyl (C=S) groups is 1. The maximum absolute atomic E-state index is 12.6. The number of hydrogen-bond donors (Lipinski definition) is 1. The minimum atomic E-state index is -0.184. The van der Waals surface area contributed by atoms with Crippen molar-refractivity contribution in [1.29, 1.82) is 0 Å². The van der Waals surface area contributed by atoms with E-state index in [0.29, 0.717) is 14.9 Å². The molecule has 0 bridgehead atoms. The van der Waals surface area contributed by atoms with Crippen molar-refractivity contribution in [2.24, 2.45) is 0 Å². The molecule has 7 heteroatoms. The molecular weight excluding hydrogens is 378 g/mol. The van der Waals surface area contributed by atoms with Crippen LogP contribution in [0.3, 0.4) is 0 Å². The van der Waals surface area contributed by atoms with Crippen LogP contribution in [0.1, 0.15) is 24.5 Å². The number of aryl methyl sites for hydroxylation is 1. The molecular formula is C20H19N3O2S2. The maximum Gasteiger partial charge on any atom is 0.266 e. The third-order valence-electron chi connectivity index (χ3n) is 4.07. The van der Waals surface area contributed by atoms with Gasteiger partial charge in [-0.2, -0.15) is 0 Å². The van der Waals surface area contributed by atoms with E-state index in [1.807, 2.05) is 18.2 Å². The van der Waals surface area contributed by atoms with Gasteiger partial charge in [0, 0.05) is 19.2 Å². The molecule has 138 valence electrons. The zero-order valence-electron chi connectivity index (χ0n) is 14.8. The summed E-state index contributed by atoms with van der Waals surface area (Å²) in [5.74, 6) is -0.338. The fourth-order valence-electron chi connectivity index (χ4n) is 2.57. The Morgan fingerprint density at radius 2 is 2.07 bits per heavy atom. The monoisotopic (exact) mass is 397 g/mol. The highest BCUT2D eigenvalue weighted by atomic mass is 32.2. The number of aromatic nitrogens is 1. The van der Waals surface area contributed by atoms with Crippen LogP contribution in [0, 0.1) is 0 Å². The average molecular weight is 398 g/mol. The molecule has 0 radical (unpaired) electrons. The number of nitrogens with one attached hydrogen (secondary N) is 1. The second kappa shape index (κ2) is 8.92. The summed E-state index contributed by atoms with van der Waals surface area (Å²) in [6.07, 6.45) is 6.19. The van der Waals surface area contributed by atoms with E-state index >= 15 is 0 Å². The minimum Gasteiger partial charge on any atom is -0.325 e. The molecule has 1 fully saturated rings. The van der Waals surface area contributed by atoms with Crippen molar-refractivity contribution in [3.63, 3.8) is 0 Å². The second-order valence-electron chi connectivity index (χ2n) is 5.97. The maximum atomic E-state index is 12.6. The molecule has 0 saturated carbocycles. The molecule has 0 aliphatic carbocycles. The number of carbonyl (C=O) groups excluding carboxylic acids is 2. The molecule has 1 aliphatic heterocycles. The summed E-state index contributed by atoms with van der Waals surface area (Å²) in [6, 6.07) is 11.6. The first kappa shape index (κ1) is 19.3. The summed E-state index contributed by atoms with van der Waals surface area (Å²) >= 11 is 6.59. The lowest BCUT2D eigenvalue weighted by molar-refractivity contribution is -0.122. The first-order valence-electron chi connectivity index (χ1n) is 8.61. The molecule has 2 heterocycles. The van der Waals surface area contributed by atoms with Gasteiger partial charge in [0.05, 0.1) is 16.8 Å². The average Bonchev–Trinajstić information content (AvgIpc) is 2.94. The van der Waals surface area contributed by atoms with Crippen LogP contribution in [0.25, 0.3) is 6.08 Å². The van der Waals surface area contributed by atoms with Gasteiger partial charge in [0.25, 0.3) is 5.91 Å². The van der Waals surface area contributed by atoms with Crippen molar-refractivity contribution in [3.8, 4) is 0 Å². The Morgan fingerprint density at radius 1 is 1.30 bits per heavy atom. The van der Waals surface area contributed by atoms with Gasteiger partial charge in [0.2, 0.25) is 5.91 Å². The number of carbonyl (C=O) groups is 2. The Labute approximate surface area is 167 Å². The number of rotatable bonds is 6. The standard InChI is InChI=1S/C20H19N3O2S2/c1-2-14-5-7-15(8-6-14)12-17-19(25)23(20(26)27-17)11-9-18(24)22-16-4-3-10-21-13-16/h3-8,10,12-13H,2,9,11H2,1H3,(H,22,24). The summed E-state index contributed by atoms with van der Waals surface area (Å²) in [6.45, 7) is 2.35. The molecule has 27 heavy (non-hydrogen) atoms. The summed E-state index contributed by atoms with van der Waals surface area (Å²) in [4.78, 5) is 30.7. The Kier molecular flexibility index (Phi) is 6.36. The quantitative estimate of drug-likeness (QED) is 0.592. The van der Waals surface area contributed by atoms with Crippen molar-refractivity contribution in [2.45, 2.75) is 19.8 Å². The van der Waals surface area contributed by atoms with Crippen molar-refractivity contribution >= 4 is 51.9 Å². The molecule has 2 amide bonds. The topological polar surface area (TPSA) is 62.3 Å². The predicted molar refractivity (Wildman–Crippen MR) is 113 cm³/mol. The smallest absolute Gasteiger partial charge is 0.266 e. The van der Waals surface area contributed by atoms with Gasteiger partial charge in [-0.15, -0.1) is 0 Å². The van der Waals surface area contributed by atoms with E-state index in [1.165, 1.54) is 22.2 Å². The molecule has 1 aromatic heterocycles. The summed E-state index contributed by atoms with van der Waals surface area (Å²) in [7, 11) is 0. The number of benzene rings is 1. The number of nitrogens with zero attached hydrogens (tertiary/aromatic N) is 2. The summed E-state index contributed by atoms with van der Waals surface area (Å²) in [5, 5.41) is 2.75. The molecule has 3 rings (SSSR count). The van der Waals surface area contributed by atoms with Gasteiger partial charge in [0.15, 0.2) is 0 Å². The molecule has 1 saturated heterocycles. The van der Waals surface area contributed by atoms with Crippen LogP contribution in [0.5, 0.6) is 0 Å². The summed E-state index contributed by atoms with van der Waals surface area (Å²) < 4.78 is 0.477. The molecule has 1 aromatic carbocycles. The van der Waals surface area contributed by atoms with E-state index < -0.39 is 0 Å². The Morgan fingerprint density at radius 3 is 2.74 bits per heavy atom. The zero-order valence-corrected chi connectivity index (χ0v) is 16.5. The highest BCUT2D eigenvalue weighted by Gasteiger charge is 2.32. The Bertz CT molecular complexity index is 880. The third kappa shape index (κ3) is 5.02. The van der Waals surface area contributed by atoms with Crippen LogP contribution in [0.4, 0.5) is 5.69 Å².